The van der Waals surface area contributed by atoms with Crippen LogP contribution < -0.4 is 15.5 Å². The minimum absolute atomic E-state index is 0.371. The van der Waals surface area contributed by atoms with E-state index in [4.69, 9.17) is 25.2 Å². The molecule has 4 heterocycles. The molecule has 0 aliphatic carbocycles. The standard InChI is InChI=1S/C23H27N7O2S/c1-16-3-2-4-17(15-16)18(24)5-6-25-22-26-20-19(21(28-22)29-7-11-31-12-8-29)33-23(27-20)30-9-13-32-14-10-30/h2-6,15H,7-14,24H2,1H3/b18-5-,25-6+. The summed E-state index contributed by atoms with van der Waals surface area (Å²) in [5.74, 6) is 1.24. The van der Waals surface area contributed by atoms with E-state index < -0.39 is 0 Å². The van der Waals surface area contributed by atoms with Gasteiger partial charge < -0.3 is 25.0 Å². The topological polar surface area (TPSA) is 102 Å². The van der Waals surface area contributed by atoms with Gasteiger partial charge in [-0.15, -0.1) is 0 Å². The Hall–Kier alpha value is -3.08. The van der Waals surface area contributed by atoms with E-state index in [1.807, 2.05) is 31.2 Å². The Morgan fingerprint density at radius 1 is 1.03 bits per heavy atom. The summed E-state index contributed by atoms with van der Waals surface area (Å²) < 4.78 is 12.0. The van der Waals surface area contributed by atoms with Gasteiger partial charge in [0.1, 0.15) is 4.70 Å². The fraction of sp³-hybridized carbons (Fsp3) is 0.391. The second-order valence-corrected chi connectivity index (χ2v) is 8.94. The SMILES string of the molecule is Cc1cccc(/C(N)=C/C=N/c2nc(N3CCOCC3)c3sc(N4CCOCC4)nc3n2)c1. The van der Waals surface area contributed by atoms with E-state index in [0.29, 0.717) is 43.7 Å². The van der Waals surface area contributed by atoms with Crippen molar-refractivity contribution in [2.45, 2.75) is 6.92 Å². The first-order valence-electron chi connectivity index (χ1n) is 11.1. The molecule has 0 bridgehead atoms. The van der Waals surface area contributed by atoms with Gasteiger partial charge in [0.25, 0.3) is 5.95 Å². The third-order valence-electron chi connectivity index (χ3n) is 5.60. The number of anilines is 2. The second kappa shape index (κ2) is 9.82. The molecule has 10 heteroatoms. The summed E-state index contributed by atoms with van der Waals surface area (Å²) in [4.78, 5) is 23.2. The maximum absolute atomic E-state index is 6.23. The summed E-state index contributed by atoms with van der Waals surface area (Å²) in [6.07, 6.45) is 3.42. The normalized spacial score (nSPS) is 17.9. The zero-order valence-electron chi connectivity index (χ0n) is 18.6. The lowest BCUT2D eigenvalue weighted by Crippen LogP contribution is -2.36. The molecule has 33 heavy (non-hydrogen) atoms. The van der Waals surface area contributed by atoms with E-state index in [1.165, 1.54) is 0 Å². The highest BCUT2D eigenvalue weighted by molar-refractivity contribution is 7.22. The number of morpholine rings is 2. The maximum Gasteiger partial charge on any atom is 0.253 e. The average Bonchev–Trinajstić information content (AvgIpc) is 3.29. The van der Waals surface area contributed by atoms with Gasteiger partial charge in [-0.1, -0.05) is 35.1 Å². The molecule has 2 aliphatic heterocycles. The Morgan fingerprint density at radius 2 is 1.76 bits per heavy atom. The summed E-state index contributed by atoms with van der Waals surface area (Å²) in [7, 11) is 0. The van der Waals surface area contributed by atoms with E-state index in [9.17, 15) is 0 Å². The zero-order chi connectivity index (χ0) is 22.6. The van der Waals surface area contributed by atoms with E-state index in [-0.39, 0.29) is 0 Å². The van der Waals surface area contributed by atoms with Gasteiger partial charge in [0.2, 0.25) is 0 Å². The van der Waals surface area contributed by atoms with Gasteiger partial charge in [0.15, 0.2) is 16.6 Å². The van der Waals surface area contributed by atoms with Gasteiger partial charge >= 0.3 is 0 Å². The highest BCUT2D eigenvalue weighted by atomic mass is 32.1. The van der Waals surface area contributed by atoms with Crippen LogP contribution in [0.5, 0.6) is 0 Å². The molecule has 2 aromatic heterocycles. The number of thiazole rings is 1. The van der Waals surface area contributed by atoms with Crippen LogP contribution in [-0.2, 0) is 9.47 Å². The van der Waals surface area contributed by atoms with Crippen molar-refractivity contribution in [2.75, 3.05) is 62.4 Å². The quantitative estimate of drug-likeness (QED) is 0.574. The summed E-state index contributed by atoms with van der Waals surface area (Å²) in [6, 6.07) is 8.05. The summed E-state index contributed by atoms with van der Waals surface area (Å²) in [6.45, 7) is 8.03. The van der Waals surface area contributed by atoms with Gasteiger partial charge in [-0.2, -0.15) is 15.0 Å². The first-order chi connectivity index (χ1) is 16.2. The van der Waals surface area contributed by atoms with E-state index in [0.717, 1.165) is 53.0 Å². The molecule has 2 N–H and O–H groups in total. The van der Waals surface area contributed by atoms with Crippen LogP contribution in [0.15, 0.2) is 35.3 Å². The number of aromatic nitrogens is 3. The number of rotatable bonds is 5. The average molecular weight is 466 g/mol. The molecule has 5 rings (SSSR count). The number of hydrogen-bond acceptors (Lipinski definition) is 10. The molecule has 0 saturated carbocycles. The summed E-state index contributed by atoms with van der Waals surface area (Å²) >= 11 is 1.63. The maximum atomic E-state index is 6.23. The van der Waals surface area contributed by atoms with Crippen molar-refractivity contribution in [1.82, 2.24) is 15.0 Å². The molecule has 3 aromatic rings. The molecule has 2 fully saturated rings. The van der Waals surface area contributed by atoms with Crippen LogP contribution in [0.1, 0.15) is 11.1 Å². The molecule has 0 atom stereocenters. The number of aryl methyl sites for hydroxylation is 1. The summed E-state index contributed by atoms with van der Waals surface area (Å²) in [5.41, 5.74) is 9.65. The smallest absolute Gasteiger partial charge is 0.253 e. The van der Waals surface area contributed by atoms with Crippen LogP contribution in [0.4, 0.5) is 16.9 Å². The first kappa shape index (κ1) is 21.7. The lowest BCUT2D eigenvalue weighted by atomic mass is 10.1. The van der Waals surface area contributed by atoms with Crippen LogP contribution in [0, 0.1) is 6.92 Å². The number of fused-ring (bicyclic) bond motifs is 1. The van der Waals surface area contributed by atoms with Crippen LogP contribution in [-0.4, -0.2) is 73.8 Å². The summed E-state index contributed by atoms with van der Waals surface area (Å²) in [5, 5.41) is 0.946. The largest absolute Gasteiger partial charge is 0.398 e. The van der Waals surface area contributed by atoms with Crippen molar-refractivity contribution in [3.8, 4) is 0 Å². The Kier molecular flexibility index (Phi) is 6.47. The molecular formula is C23H27N7O2S. The molecule has 2 aliphatic rings. The Labute approximate surface area is 196 Å². The van der Waals surface area contributed by atoms with Crippen molar-refractivity contribution in [2.24, 2.45) is 10.7 Å². The number of aliphatic imine (C=N–C) groups is 1. The van der Waals surface area contributed by atoms with Gasteiger partial charge in [-0.05, 0) is 24.6 Å². The molecule has 0 radical (unpaired) electrons. The molecule has 0 amide bonds. The fourth-order valence-electron chi connectivity index (χ4n) is 3.83. The number of nitrogens with two attached hydrogens (primary N) is 1. The fourth-order valence-corrected chi connectivity index (χ4v) is 4.90. The third-order valence-corrected chi connectivity index (χ3v) is 6.70. The van der Waals surface area contributed by atoms with Gasteiger partial charge in [-0.3, -0.25) is 0 Å². The minimum atomic E-state index is 0.371. The second-order valence-electron chi connectivity index (χ2n) is 7.96. The molecular weight excluding hydrogens is 438 g/mol. The van der Waals surface area contributed by atoms with Crippen LogP contribution in [0.2, 0.25) is 0 Å². The third kappa shape index (κ3) is 4.97. The van der Waals surface area contributed by atoms with Gasteiger partial charge in [0, 0.05) is 38.1 Å². The van der Waals surface area contributed by atoms with Crippen molar-refractivity contribution in [3.05, 3.63) is 41.5 Å². The molecule has 172 valence electrons. The van der Waals surface area contributed by atoms with Crippen LogP contribution >= 0.6 is 11.3 Å². The number of nitrogens with zero attached hydrogens (tertiary/aromatic N) is 6. The number of allylic oxidation sites excluding steroid dienone is 1. The van der Waals surface area contributed by atoms with Crippen molar-refractivity contribution in [3.63, 3.8) is 0 Å². The molecule has 0 unspecified atom stereocenters. The van der Waals surface area contributed by atoms with Crippen molar-refractivity contribution >= 4 is 50.5 Å². The Morgan fingerprint density at radius 3 is 2.48 bits per heavy atom. The first-order valence-corrected chi connectivity index (χ1v) is 11.9. The molecule has 1 aromatic carbocycles. The monoisotopic (exact) mass is 465 g/mol. The highest BCUT2D eigenvalue weighted by Crippen LogP contribution is 2.35. The lowest BCUT2D eigenvalue weighted by molar-refractivity contribution is 0.122. The van der Waals surface area contributed by atoms with Crippen molar-refractivity contribution in [1.29, 1.82) is 0 Å². The predicted molar refractivity (Wildman–Crippen MR) is 133 cm³/mol. The van der Waals surface area contributed by atoms with Crippen molar-refractivity contribution < 1.29 is 9.47 Å². The van der Waals surface area contributed by atoms with Gasteiger partial charge in [0.05, 0.1) is 26.4 Å². The highest BCUT2D eigenvalue weighted by Gasteiger charge is 2.23. The number of benzene rings is 1. The minimum Gasteiger partial charge on any atom is -0.398 e. The zero-order valence-corrected chi connectivity index (χ0v) is 19.4. The van der Waals surface area contributed by atoms with E-state index in [1.54, 1.807) is 23.6 Å². The van der Waals surface area contributed by atoms with Crippen LogP contribution in [0.25, 0.3) is 16.0 Å². The van der Waals surface area contributed by atoms with Crippen LogP contribution in [0.3, 0.4) is 0 Å². The Bertz CT molecular complexity index is 1180. The molecule has 0 spiro atoms. The lowest BCUT2D eigenvalue weighted by Gasteiger charge is -2.28. The molecule has 2 saturated heterocycles. The van der Waals surface area contributed by atoms with E-state index >= 15 is 0 Å². The number of ether oxygens (including phenoxy) is 2. The predicted octanol–water partition coefficient (Wildman–Crippen LogP) is 2.77. The van der Waals surface area contributed by atoms with Gasteiger partial charge in [-0.25, -0.2) is 4.99 Å². The Balaban J connectivity index is 1.47. The van der Waals surface area contributed by atoms with E-state index in [2.05, 4.69) is 19.8 Å². The molecule has 9 nitrogen and oxygen atoms in total. The number of hydrogen-bond donors (Lipinski definition) is 1.